The maximum absolute atomic E-state index is 5.64. The number of fused-ring (bicyclic) bond motifs is 11. The average Bonchev–Trinajstić information content (AvgIpc) is 3.92. The van der Waals surface area contributed by atoms with Crippen LogP contribution in [0.1, 0.15) is 22.3 Å². The van der Waals surface area contributed by atoms with Crippen LogP contribution in [0.2, 0.25) is 0 Å². The van der Waals surface area contributed by atoms with Gasteiger partial charge in [-0.3, -0.25) is 9.13 Å². The predicted molar refractivity (Wildman–Crippen MR) is 238 cm³/mol. The highest BCUT2D eigenvalue weighted by Crippen LogP contribution is 2.56. The molecule has 5 heteroatoms. The van der Waals surface area contributed by atoms with Crippen LogP contribution in [-0.2, 0) is 5.41 Å². The van der Waals surface area contributed by atoms with Gasteiger partial charge in [-0.25, -0.2) is 9.97 Å². The molecule has 0 unspecified atom stereocenters. The number of rotatable bonds is 4. The SMILES string of the molecule is c1ccc(C2(c3cccc(-c4nc(-n5c6ccccc6c6c7cccc8c7n(c65)-c5ccccc5S8)nc5ccccc45)c3)c3ccccc3-c3ccccc32)cc1. The van der Waals surface area contributed by atoms with Crippen LogP contribution < -0.4 is 0 Å². The van der Waals surface area contributed by atoms with Crippen LogP contribution in [0.25, 0.3) is 77.8 Å². The van der Waals surface area contributed by atoms with Gasteiger partial charge in [-0.15, -0.1) is 0 Å². The van der Waals surface area contributed by atoms with Crippen LogP contribution in [0.15, 0.2) is 204 Å². The zero-order chi connectivity index (χ0) is 38.0. The van der Waals surface area contributed by atoms with Gasteiger partial charge in [0.05, 0.1) is 33.3 Å². The van der Waals surface area contributed by atoms with Crippen molar-refractivity contribution < 1.29 is 0 Å². The summed E-state index contributed by atoms with van der Waals surface area (Å²) in [6.45, 7) is 0. The number of para-hydroxylation sites is 4. The van der Waals surface area contributed by atoms with E-state index < -0.39 is 5.41 Å². The van der Waals surface area contributed by atoms with Crippen LogP contribution in [0.5, 0.6) is 0 Å². The standard InChI is InChI=1S/C53H32N4S/c1-2-17-34(18-3-1)53(41-25-8-4-20-36(41)37-21-5-9-26-42(37)53)35-19-14-16-33(32-35)49-38-22-6-10-27-43(38)54-52(55-49)57-44-28-11-7-23-39(44)48-40-24-15-31-47-50(40)56(51(48)57)45-29-12-13-30-46(45)58-47/h1-32H. The minimum atomic E-state index is -0.517. The second-order valence-corrected chi connectivity index (χ2v) is 16.4. The van der Waals surface area contributed by atoms with E-state index in [-0.39, 0.29) is 0 Å². The first kappa shape index (κ1) is 31.9. The molecule has 13 rings (SSSR count). The lowest BCUT2D eigenvalue weighted by atomic mass is 9.67. The Morgan fingerprint density at radius 3 is 1.95 bits per heavy atom. The Hall–Kier alpha value is -7.21. The van der Waals surface area contributed by atoms with Gasteiger partial charge in [0.2, 0.25) is 5.95 Å². The summed E-state index contributed by atoms with van der Waals surface area (Å²) in [7, 11) is 0. The minimum absolute atomic E-state index is 0.517. The first-order chi connectivity index (χ1) is 28.8. The van der Waals surface area contributed by atoms with Gasteiger partial charge in [0.25, 0.3) is 0 Å². The largest absolute Gasteiger partial charge is 0.293 e. The lowest BCUT2D eigenvalue weighted by Crippen LogP contribution is -2.28. The number of aromatic nitrogens is 4. The molecule has 0 bridgehead atoms. The molecular weight excluding hydrogens is 725 g/mol. The monoisotopic (exact) mass is 756 g/mol. The number of benzene rings is 8. The summed E-state index contributed by atoms with van der Waals surface area (Å²) in [5.74, 6) is 0.649. The van der Waals surface area contributed by atoms with Crippen molar-refractivity contribution in [3.05, 3.63) is 216 Å². The normalized spacial score (nSPS) is 13.6. The molecule has 270 valence electrons. The first-order valence-electron chi connectivity index (χ1n) is 19.8. The van der Waals surface area contributed by atoms with Crippen molar-refractivity contribution in [2.24, 2.45) is 0 Å². The molecule has 2 aliphatic rings. The number of hydrogen-bond acceptors (Lipinski definition) is 3. The molecule has 0 spiro atoms. The summed E-state index contributed by atoms with van der Waals surface area (Å²) in [6.07, 6.45) is 0. The fourth-order valence-electron chi connectivity index (χ4n) is 10.1. The fraction of sp³-hybridized carbons (Fsp3) is 0.0189. The van der Waals surface area contributed by atoms with Gasteiger partial charge in [0.1, 0.15) is 5.65 Å². The van der Waals surface area contributed by atoms with E-state index in [4.69, 9.17) is 9.97 Å². The summed E-state index contributed by atoms with van der Waals surface area (Å²) in [4.78, 5) is 13.5. The number of nitrogens with zero attached hydrogens (tertiary/aromatic N) is 4. The Morgan fingerprint density at radius 1 is 0.466 bits per heavy atom. The Labute approximate surface area is 338 Å². The Balaban J connectivity index is 1.11. The maximum Gasteiger partial charge on any atom is 0.236 e. The van der Waals surface area contributed by atoms with Gasteiger partial charge in [-0.2, -0.15) is 0 Å². The molecule has 0 saturated carbocycles. The lowest BCUT2D eigenvalue weighted by molar-refractivity contribution is 0.768. The average molecular weight is 757 g/mol. The summed E-state index contributed by atoms with van der Waals surface area (Å²) in [5.41, 5.74) is 14.5. The molecular formula is C53H32N4S. The molecule has 4 nitrogen and oxygen atoms in total. The lowest BCUT2D eigenvalue weighted by Gasteiger charge is -2.34. The summed E-state index contributed by atoms with van der Waals surface area (Å²) >= 11 is 1.84. The molecule has 0 radical (unpaired) electrons. The van der Waals surface area contributed by atoms with Crippen molar-refractivity contribution in [2.45, 2.75) is 15.2 Å². The van der Waals surface area contributed by atoms with Gasteiger partial charge in [-0.05, 0) is 69.8 Å². The second kappa shape index (κ2) is 11.9. The highest BCUT2D eigenvalue weighted by Gasteiger charge is 2.46. The van der Waals surface area contributed by atoms with Crippen molar-refractivity contribution in [3.63, 3.8) is 0 Å². The first-order valence-corrected chi connectivity index (χ1v) is 20.6. The second-order valence-electron chi connectivity index (χ2n) is 15.3. The number of hydrogen-bond donors (Lipinski definition) is 0. The van der Waals surface area contributed by atoms with E-state index in [0.717, 1.165) is 33.3 Å². The molecule has 8 aromatic carbocycles. The molecule has 4 heterocycles. The van der Waals surface area contributed by atoms with Crippen molar-refractivity contribution >= 4 is 55.5 Å². The van der Waals surface area contributed by atoms with Crippen molar-refractivity contribution in [3.8, 4) is 34.0 Å². The van der Waals surface area contributed by atoms with Gasteiger partial charge in [0.15, 0.2) is 0 Å². The molecule has 1 aliphatic carbocycles. The van der Waals surface area contributed by atoms with E-state index in [1.54, 1.807) is 0 Å². The Kier molecular flexibility index (Phi) is 6.55. The third-order valence-electron chi connectivity index (χ3n) is 12.4. The maximum atomic E-state index is 5.64. The minimum Gasteiger partial charge on any atom is -0.293 e. The highest BCUT2D eigenvalue weighted by molar-refractivity contribution is 7.99. The van der Waals surface area contributed by atoms with Crippen molar-refractivity contribution in [1.82, 2.24) is 19.1 Å². The molecule has 3 aromatic heterocycles. The molecule has 11 aromatic rings. The van der Waals surface area contributed by atoms with Gasteiger partial charge < -0.3 is 0 Å². The summed E-state index contributed by atoms with van der Waals surface area (Å²) < 4.78 is 4.75. The zero-order valence-electron chi connectivity index (χ0n) is 31.2. The van der Waals surface area contributed by atoms with Gasteiger partial charge >= 0.3 is 0 Å². The smallest absolute Gasteiger partial charge is 0.236 e. The van der Waals surface area contributed by atoms with Crippen LogP contribution in [0, 0.1) is 0 Å². The van der Waals surface area contributed by atoms with Crippen LogP contribution in [0.3, 0.4) is 0 Å². The van der Waals surface area contributed by atoms with E-state index in [1.165, 1.54) is 70.5 Å². The molecule has 0 N–H and O–H groups in total. The van der Waals surface area contributed by atoms with Crippen LogP contribution in [0.4, 0.5) is 0 Å². The molecule has 0 atom stereocenters. The third-order valence-corrected chi connectivity index (χ3v) is 13.5. The van der Waals surface area contributed by atoms with Gasteiger partial charge in [-0.1, -0.05) is 169 Å². The van der Waals surface area contributed by atoms with E-state index in [1.807, 2.05) is 11.8 Å². The molecule has 1 aliphatic heterocycles. The van der Waals surface area contributed by atoms with Gasteiger partial charge in [0, 0.05) is 36.9 Å². The third kappa shape index (κ3) is 4.15. The molecule has 58 heavy (non-hydrogen) atoms. The fourth-order valence-corrected chi connectivity index (χ4v) is 11.2. The van der Waals surface area contributed by atoms with E-state index in [9.17, 15) is 0 Å². The van der Waals surface area contributed by atoms with E-state index >= 15 is 0 Å². The Morgan fingerprint density at radius 2 is 1.10 bits per heavy atom. The predicted octanol–water partition coefficient (Wildman–Crippen LogP) is 13.2. The zero-order valence-corrected chi connectivity index (χ0v) is 32.0. The van der Waals surface area contributed by atoms with E-state index in [0.29, 0.717) is 5.95 Å². The van der Waals surface area contributed by atoms with Crippen molar-refractivity contribution in [2.75, 3.05) is 0 Å². The summed E-state index contributed by atoms with van der Waals surface area (Å²) in [6, 6.07) is 70.5. The van der Waals surface area contributed by atoms with E-state index in [2.05, 4.69) is 203 Å². The van der Waals surface area contributed by atoms with Crippen LogP contribution in [-0.4, -0.2) is 19.1 Å². The quantitative estimate of drug-likeness (QED) is 0.179. The Bertz CT molecular complexity index is 3460. The molecule has 0 fully saturated rings. The highest BCUT2D eigenvalue weighted by atomic mass is 32.2. The molecule has 0 saturated heterocycles. The van der Waals surface area contributed by atoms with Crippen molar-refractivity contribution in [1.29, 1.82) is 0 Å². The topological polar surface area (TPSA) is 35.6 Å². The van der Waals surface area contributed by atoms with Crippen LogP contribution >= 0.6 is 11.8 Å². The molecule has 0 amide bonds. The summed E-state index contributed by atoms with van der Waals surface area (Å²) in [5, 5.41) is 4.66.